The van der Waals surface area contributed by atoms with Gasteiger partial charge < -0.3 is 9.09 Å². The highest BCUT2D eigenvalue weighted by molar-refractivity contribution is 5.97. The molecule has 0 spiro atoms. The van der Waals surface area contributed by atoms with Crippen LogP contribution in [0.4, 0.5) is 0 Å². The molecular weight excluding hydrogens is 254 g/mol. The average Bonchev–Trinajstić information content (AvgIpc) is 3.05. The standard InChI is InChI=1S/C15H15N3O2/c1-10(2)15-16-14(17-20-15)8-18-7-11(9-19)12-5-3-4-6-13(12)18/h3-7,9-10H,8H2,1-2H3. The van der Waals surface area contributed by atoms with Crippen molar-refractivity contribution in [2.45, 2.75) is 26.3 Å². The van der Waals surface area contributed by atoms with Crippen LogP contribution in [0.25, 0.3) is 10.9 Å². The maximum absolute atomic E-state index is 11.1. The number of nitrogens with zero attached hydrogens (tertiary/aromatic N) is 3. The third kappa shape index (κ3) is 2.11. The minimum Gasteiger partial charge on any atom is -0.339 e. The van der Waals surface area contributed by atoms with Crippen LogP contribution in [0.5, 0.6) is 0 Å². The second-order valence-corrected chi connectivity index (χ2v) is 5.05. The Hall–Kier alpha value is -2.43. The highest BCUT2D eigenvalue weighted by Crippen LogP contribution is 2.21. The molecule has 0 N–H and O–H groups in total. The topological polar surface area (TPSA) is 60.9 Å². The van der Waals surface area contributed by atoms with Gasteiger partial charge >= 0.3 is 0 Å². The van der Waals surface area contributed by atoms with Gasteiger partial charge in [-0.3, -0.25) is 4.79 Å². The highest BCUT2D eigenvalue weighted by atomic mass is 16.5. The molecule has 0 amide bonds. The molecule has 0 aliphatic heterocycles. The van der Waals surface area contributed by atoms with Crippen molar-refractivity contribution in [3.63, 3.8) is 0 Å². The van der Waals surface area contributed by atoms with Crippen molar-refractivity contribution in [1.82, 2.24) is 14.7 Å². The molecule has 0 aliphatic rings. The maximum atomic E-state index is 11.1. The molecule has 5 nitrogen and oxygen atoms in total. The summed E-state index contributed by atoms with van der Waals surface area (Å²) in [5, 5.41) is 4.92. The zero-order valence-electron chi connectivity index (χ0n) is 11.4. The van der Waals surface area contributed by atoms with E-state index in [2.05, 4.69) is 10.1 Å². The van der Waals surface area contributed by atoms with E-state index in [1.54, 1.807) is 0 Å². The normalized spacial score (nSPS) is 11.3. The number of aldehydes is 1. The van der Waals surface area contributed by atoms with E-state index in [0.29, 0.717) is 23.8 Å². The first-order chi connectivity index (χ1) is 9.69. The largest absolute Gasteiger partial charge is 0.339 e. The van der Waals surface area contributed by atoms with Gasteiger partial charge in [0.05, 0.1) is 6.54 Å². The lowest BCUT2D eigenvalue weighted by Gasteiger charge is -2.00. The molecule has 0 saturated carbocycles. The van der Waals surface area contributed by atoms with Crippen LogP contribution in [-0.4, -0.2) is 21.0 Å². The lowest BCUT2D eigenvalue weighted by Crippen LogP contribution is -2.00. The van der Waals surface area contributed by atoms with Crippen molar-refractivity contribution in [1.29, 1.82) is 0 Å². The molecule has 0 saturated heterocycles. The van der Waals surface area contributed by atoms with Crippen LogP contribution in [0.3, 0.4) is 0 Å². The lowest BCUT2D eigenvalue weighted by atomic mass is 10.2. The smallest absolute Gasteiger partial charge is 0.229 e. The van der Waals surface area contributed by atoms with Crippen molar-refractivity contribution < 1.29 is 9.32 Å². The molecule has 0 bridgehead atoms. The van der Waals surface area contributed by atoms with Crippen LogP contribution in [0.2, 0.25) is 0 Å². The SMILES string of the molecule is CC(C)c1nc(Cn2cc(C=O)c3ccccc32)no1. The van der Waals surface area contributed by atoms with Gasteiger partial charge in [0.25, 0.3) is 0 Å². The Kier molecular flexibility index (Phi) is 3.10. The van der Waals surface area contributed by atoms with Gasteiger partial charge in [0, 0.05) is 28.6 Å². The monoisotopic (exact) mass is 269 g/mol. The molecule has 2 aromatic heterocycles. The maximum Gasteiger partial charge on any atom is 0.229 e. The quantitative estimate of drug-likeness (QED) is 0.683. The molecule has 20 heavy (non-hydrogen) atoms. The predicted molar refractivity (Wildman–Crippen MR) is 74.8 cm³/mol. The van der Waals surface area contributed by atoms with Gasteiger partial charge in [-0.1, -0.05) is 37.2 Å². The molecule has 0 unspecified atom stereocenters. The molecule has 1 aromatic carbocycles. The van der Waals surface area contributed by atoms with Gasteiger partial charge in [-0.25, -0.2) is 0 Å². The Morgan fingerprint density at radius 2 is 2.15 bits per heavy atom. The molecule has 3 rings (SSSR count). The fourth-order valence-electron chi connectivity index (χ4n) is 2.22. The molecular formula is C15H15N3O2. The second-order valence-electron chi connectivity index (χ2n) is 5.05. The average molecular weight is 269 g/mol. The summed E-state index contributed by atoms with van der Waals surface area (Å²) in [6.07, 6.45) is 2.69. The zero-order valence-corrected chi connectivity index (χ0v) is 11.4. The molecule has 0 aliphatic carbocycles. The van der Waals surface area contributed by atoms with Crippen LogP contribution in [0, 0.1) is 0 Å². The number of carbonyl (C=O) groups is 1. The van der Waals surface area contributed by atoms with Crippen LogP contribution < -0.4 is 0 Å². The number of para-hydroxylation sites is 1. The molecule has 2 heterocycles. The molecule has 5 heteroatoms. The molecule has 0 atom stereocenters. The Balaban J connectivity index is 1.99. The fourth-order valence-corrected chi connectivity index (χ4v) is 2.22. The van der Waals surface area contributed by atoms with E-state index in [4.69, 9.17) is 4.52 Å². The Bertz CT molecular complexity index is 755. The third-order valence-corrected chi connectivity index (χ3v) is 3.24. The molecule has 102 valence electrons. The van der Waals surface area contributed by atoms with E-state index in [9.17, 15) is 4.79 Å². The number of benzene rings is 1. The van der Waals surface area contributed by atoms with E-state index >= 15 is 0 Å². The summed E-state index contributed by atoms with van der Waals surface area (Å²) in [5.41, 5.74) is 1.67. The van der Waals surface area contributed by atoms with Crippen LogP contribution in [0.1, 0.15) is 41.8 Å². The Morgan fingerprint density at radius 3 is 2.85 bits per heavy atom. The van der Waals surface area contributed by atoms with E-state index in [0.717, 1.165) is 17.2 Å². The lowest BCUT2D eigenvalue weighted by molar-refractivity contribution is 0.112. The number of carbonyl (C=O) groups excluding carboxylic acids is 1. The molecule has 3 aromatic rings. The van der Waals surface area contributed by atoms with E-state index in [1.165, 1.54) is 0 Å². The molecule has 0 fully saturated rings. The van der Waals surface area contributed by atoms with Gasteiger partial charge in [0.15, 0.2) is 12.1 Å². The van der Waals surface area contributed by atoms with Gasteiger partial charge in [0.2, 0.25) is 5.89 Å². The van der Waals surface area contributed by atoms with Crippen LogP contribution in [0.15, 0.2) is 35.0 Å². The fraction of sp³-hybridized carbons (Fsp3) is 0.267. The van der Waals surface area contributed by atoms with E-state index in [1.807, 2.05) is 48.9 Å². The molecule has 0 radical (unpaired) electrons. The van der Waals surface area contributed by atoms with Gasteiger partial charge in [-0.15, -0.1) is 0 Å². The van der Waals surface area contributed by atoms with Gasteiger partial charge in [-0.2, -0.15) is 4.98 Å². The summed E-state index contributed by atoms with van der Waals surface area (Å²) in [4.78, 5) is 15.5. The third-order valence-electron chi connectivity index (χ3n) is 3.24. The summed E-state index contributed by atoms with van der Waals surface area (Å²) in [7, 11) is 0. The first-order valence-electron chi connectivity index (χ1n) is 6.54. The van der Waals surface area contributed by atoms with Crippen molar-refractivity contribution >= 4 is 17.2 Å². The number of rotatable bonds is 4. The first kappa shape index (κ1) is 12.6. The van der Waals surface area contributed by atoms with E-state index in [-0.39, 0.29) is 5.92 Å². The van der Waals surface area contributed by atoms with Crippen molar-refractivity contribution in [2.75, 3.05) is 0 Å². The summed E-state index contributed by atoms with van der Waals surface area (Å²) in [5.74, 6) is 1.46. The zero-order chi connectivity index (χ0) is 14.1. The number of hydrogen-bond donors (Lipinski definition) is 0. The number of fused-ring (bicyclic) bond motifs is 1. The van der Waals surface area contributed by atoms with Gasteiger partial charge in [0.1, 0.15) is 0 Å². The summed E-state index contributed by atoms with van der Waals surface area (Å²) in [6.45, 7) is 4.50. The highest BCUT2D eigenvalue weighted by Gasteiger charge is 2.12. The van der Waals surface area contributed by atoms with Crippen molar-refractivity contribution in [3.8, 4) is 0 Å². The minimum atomic E-state index is 0.211. The van der Waals surface area contributed by atoms with E-state index < -0.39 is 0 Å². The van der Waals surface area contributed by atoms with Crippen molar-refractivity contribution in [3.05, 3.63) is 47.7 Å². The first-order valence-corrected chi connectivity index (χ1v) is 6.54. The van der Waals surface area contributed by atoms with Crippen LogP contribution >= 0.6 is 0 Å². The van der Waals surface area contributed by atoms with Gasteiger partial charge in [-0.05, 0) is 6.07 Å². The summed E-state index contributed by atoms with van der Waals surface area (Å²) < 4.78 is 7.17. The predicted octanol–water partition coefficient (Wildman–Crippen LogP) is 3.01. The Labute approximate surface area is 116 Å². The summed E-state index contributed by atoms with van der Waals surface area (Å²) in [6, 6.07) is 7.78. The van der Waals surface area contributed by atoms with Crippen molar-refractivity contribution in [2.24, 2.45) is 0 Å². The number of hydrogen-bond acceptors (Lipinski definition) is 4. The minimum absolute atomic E-state index is 0.211. The summed E-state index contributed by atoms with van der Waals surface area (Å²) >= 11 is 0. The second kappa shape index (κ2) is 4.92. The Morgan fingerprint density at radius 1 is 1.35 bits per heavy atom. The number of aromatic nitrogens is 3. The van der Waals surface area contributed by atoms with Crippen LogP contribution in [-0.2, 0) is 6.54 Å².